The highest BCUT2D eigenvalue weighted by atomic mass is 16.7. The average molecular weight is 328 g/mol. The van der Waals surface area contributed by atoms with Crippen LogP contribution in [0.4, 0.5) is 0 Å². The van der Waals surface area contributed by atoms with Crippen molar-refractivity contribution in [3.8, 4) is 0 Å². The van der Waals surface area contributed by atoms with Crippen LogP contribution in [0.25, 0.3) is 0 Å². The number of rotatable bonds is 10. The van der Waals surface area contributed by atoms with Crippen molar-refractivity contribution in [2.45, 2.75) is 45.2 Å². The highest BCUT2D eigenvalue weighted by molar-refractivity contribution is 5.25. The Kier molecular flexibility index (Phi) is 7.96. The van der Waals surface area contributed by atoms with Crippen LogP contribution in [0.3, 0.4) is 0 Å². The van der Waals surface area contributed by atoms with Gasteiger partial charge in [-0.2, -0.15) is 0 Å². The van der Waals surface area contributed by atoms with Crippen molar-refractivity contribution in [2.24, 2.45) is 0 Å². The molecule has 0 N–H and O–H groups in total. The predicted molar refractivity (Wildman–Crippen MR) is 96.8 cm³/mol. The summed E-state index contributed by atoms with van der Waals surface area (Å²) >= 11 is 0. The summed E-state index contributed by atoms with van der Waals surface area (Å²) in [5, 5.41) is 0. The number of hydrogen-bond acceptors (Lipinski definition) is 3. The maximum atomic E-state index is 6.24. The van der Waals surface area contributed by atoms with E-state index in [1.54, 1.807) is 7.11 Å². The van der Waals surface area contributed by atoms with Gasteiger partial charge < -0.3 is 14.2 Å². The molecule has 0 aliphatic rings. The van der Waals surface area contributed by atoms with Crippen LogP contribution in [0.2, 0.25) is 0 Å². The van der Waals surface area contributed by atoms with Gasteiger partial charge >= 0.3 is 0 Å². The van der Waals surface area contributed by atoms with Crippen LogP contribution in [0.1, 0.15) is 50.0 Å². The van der Waals surface area contributed by atoms with E-state index in [9.17, 15) is 0 Å². The third-order valence-electron chi connectivity index (χ3n) is 3.97. The smallest absolute Gasteiger partial charge is 0.155 e. The molecule has 3 nitrogen and oxygen atoms in total. The zero-order chi connectivity index (χ0) is 17.2. The van der Waals surface area contributed by atoms with Gasteiger partial charge in [-0.05, 0) is 24.5 Å². The van der Waals surface area contributed by atoms with E-state index in [1.165, 1.54) is 0 Å². The predicted octanol–water partition coefficient (Wildman–Crippen LogP) is 5.29. The van der Waals surface area contributed by atoms with Crippen molar-refractivity contribution < 1.29 is 14.2 Å². The Balaban J connectivity index is 2.19. The largest absolute Gasteiger partial charge is 0.374 e. The first-order valence-electron chi connectivity index (χ1n) is 8.66. The van der Waals surface area contributed by atoms with Crippen molar-refractivity contribution in [3.05, 3.63) is 71.8 Å². The van der Waals surface area contributed by atoms with E-state index in [1.807, 2.05) is 43.3 Å². The van der Waals surface area contributed by atoms with Gasteiger partial charge in [-0.15, -0.1) is 0 Å². The quantitative estimate of drug-likeness (QED) is 0.438. The van der Waals surface area contributed by atoms with Crippen LogP contribution in [0, 0.1) is 0 Å². The lowest BCUT2D eigenvalue weighted by Gasteiger charge is -2.29. The Bertz CT molecular complexity index is 556. The Hall–Kier alpha value is -1.68. The maximum absolute atomic E-state index is 6.24. The van der Waals surface area contributed by atoms with E-state index < -0.39 is 0 Å². The first-order chi connectivity index (χ1) is 11.8. The van der Waals surface area contributed by atoms with E-state index in [-0.39, 0.29) is 18.5 Å². The third-order valence-corrected chi connectivity index (χ3v) is 3.97. The summed E-state index contributed by atoms with van der Waals surface area (Å²) in [6.07, 6.45) is 1.44. The lowest BCUT2D eigenvalue weighted by Crippen LogP contribution is -2.23. The Labute approximate surface area is 145 Å². The molecule has 0 aliphatic heterocycles. The molecule has 2 aromatic carbocycles. The van der Waals surface area contributed by atoms with Gasteiger partial charge in [0.1, 0.15) is 12.2 Å². The summed E-state index contributed by atoms with van der Waals surface area (Å²) in [6, 6.07) is 20.4. The second kappa shape index (κ2) is 10.2. The average Bonchev–Trinajstić information content (AvgIpc) is 2.63. The summed E-state index contributed by atoms with van der Waals surface area (Å²) < 4.78 is 17.8. The SMILES string of the molecule is CCCCOC(C)OC(c1ccccc1)C(OC)c1ccccc1. The summed E-state index contributed by atoms with van der Waals surface area (Å²) in [7, 11) is 1.72. The molecule has 3 unspecified atom stereocenters. The number of benzene rings is 2. The summed E-state index contributed by atoms with van der Waals surface area (Å²) in [5.74, 6) is 0. The van der Waals surface area contributed by atoms with Crippen molar-refractivity contribution in [1.29, 1.82) is 0 Å². The molecule has 0 spiro atoms. The van der Waals surface area contributed by atoms with E-state index in [4.69, 9.17) is 14.2 Å². The lowest BCUT2D eigenvalue weighted by molar-refractivity contribution is -0.191. The maximum Gasteiger partial charge on any atom is 0.155 e. The lowest BCUT2D eigenvalue weighted by atomic mass is 9.98. The zero-order valence-electron chi connectivity index (χ0n) is 14.9. The Morgan fingerprint density at radius 3 is 1.88 bits per heavy atom. The van der Waals surface area contributed by atoms with Crippen molar-refractivity contribution in [3.63, 3.8) is 0 Å². The van der Waals surface area contributed by atoms with Gasteiger partial charge in [0.05, 0.1) is 0 Å². The molecule has 2 rings (SSSR count). The number of hydrogen-bond donors (Lipinski definition) is 0. The molecule has 0 aliphatic carbocycles. The molecule has 24 heavy (non-hydrogen) atoms. The number of ether oxygens (including phenoxy) is 3. The highest BCUT2D eigenvalue weighted by Gasteiger charge is 2.27. The molecule has 130 valence electrons. The zero-order valence-corrected chi connectivity index (χ0v) is 14.9. The first kappa shape index (κ1) is 18.7. The Morgan fingerprint density at radius 2 is 1.38 bits per heavy atom. The fourth-order valence-electron chi connectivity index (χ4n) is 2.68. The summed E-state index contributed by atoms with van der Waals surface area (Å²) in [6.45, 7) is 4.81. The van der Waals surface area contributed by atoms with Gasteiger partial charge in [-0.25, -0.2) is 0 Å². The minimum Gasteiger partial charge on any atom is -0.374 e. The fraction of sp³-hybridized carbons (Fsp3) is 0.429. The van der Waals surface area contributed by atoms with Crippen LogP contribution < -0.4 is 0 Å². The van der Waals surface area contributed by atoms with Crippen molar-refractivity contribution in [1.82, 2.24) is 0 Å². The van der Waals surface area contributed by atoms with Gasteiger partial charge in [0, 0.05) is 13.7 Å². The molecule has 2 aromatic rings. The van der Waals surface area contributed by atoms with E-state index in [2.05, 4.69) is 31.2 Å². The van der Waals surface area contributed by atoms with Crippen LogP contribution in [-0.4, -0.2) is 20.0 Å². The van der Waals surface area contributed by atoms with Gasteiger partial charge in [0.2, 0.25) is 0 Å². The topological polar surface area (TPSA) is 27.7 Å². The number of methoxy groups -OCH3 is 1. The van der Waals surface area contributed by atoms with Crippen LogP contribution in [0.15, 0.2) is 60.7 Å². The van der Waals surface area contributed by atoms with E-state index in [0.29, 0.717) is 6.61 Å². The Morgan fingerprint density at radius 1 is 0.833 bits per heavy atom. The highest BCUT2D eigenvalue weighted by Crippen LogP contribution is 2.35. The second-order valence-corrected chi connectivity index (χ2v) is 5.83. The number of unbranched alkanes of at least 4 members (excludes halogenated alkanes) is 1. The van der Waals surface area contributed by atoms with Gasteiger partial charge in [0.25, 0.3) is 0 Å². The molecular weight excluding hydrogens is 300 g/mol. The molecule has 3 heteroatoms. The van der Waals surface area contributed by atoms with Crippen LogP contribution in [0.5, 0.6) is 0 Å². The molecular formula is C21H28O3. The van der Waals surface area contributed by atoms with Gasteiger partial charge in [0.15, 0.2) is 6.29 Å². The third kappa shape index (κ3) is 5.45. The molecule has 0 bridgehead atoms. The molecule has 3 atom stereocenters. The molecule has 0 radical (unpaired) electrons. The van der Waals surface area contributed by atoms with E-state index >= 15 is 0 Å². The summed E-state index contributed by atoms with van der Waals surface area (Å²) in [4.78, 5) is 0. The monoisotopic (exact) mass is 328 g/mol. The first-order valence-corrected chi connectivity index (χ1v) is 8.66. The van der Waals surface area contributed by atoms with Crippen LogP contribution in [-0.2, 0) is 14.2 Å². The van der Waals surface area contributed by atoms with Crippen molar-refractivity contribution in [2.75, 3.05) is 13.7 Å². The molecule has 0 heterocycles. The molecule has 0 saturated carbocycles. The molecule has 0 amide bonds. The molecule has 0 saturated heterocycles. The molecule has 0 fully saturated rings. The van der Waals surface area contributed by atoms with Crippen LogP contribution >= 0.6 is 0 Å². The van der Waals surface area contributed by atoms with Crippen molar-refractivity contribution >= 4 is 0 Å². The van der Waals surface area contributed by atoms with Gasteiger partial charge in [-0.3, -0.25) is 0 Å². The normalized spacial score (nSPS) is 15.0. The fourth-order valence-corrected chi connectivity index (χ4v) is 2.68. The van der Waals surface area contributed by atoms with Gasteiger partial charge in [-0.1, -0.05) is 74.0 Å². The minimum absolute atomic E-state index is 0.189. The molecule has 0 aromatic heterocycles. The minimum atomic E-state index is -0.289. The second-order valence-electron chi connectivity index (χ2n) is 5.83. The van der Waals surface area contributed by atoms with E-state index in [0.717, 1.165) is 24.0 Å². The standard InChI is InChI=1S/C21H28O3/c1-4-5-16-23-17(2)24-21(19-14-10-7-11-15-19)20(22-3)18-12-8-6-9-13-18/h6-15,17,20-21H,4-5,16H2,1-3H3. The summed E-state index contributed by atoms with van der Waals surface area (Å²) in [5.41, 5.74) is 2.17.